The lowest BCUT2D eigenvalue weighted by Gasteiger charge is -2.21. The summed E-state index contributed by atoms with van der Waals surface area (Å²) in [5.74, 6) is 0.419. The van der Waals surface area contributed by atoms with Gasteiger partial charge in [0.05, 0.1) is 5.57 Å². The van der Waals surface area contributed by atoms with E-state index in [0.29, 0.717) is 12.0 Å². The summed E-state index contributed by atoms with van der Waals surface area (Å²) in [5, 5.41) is 0. The molecule has 2 aromatic carbocycles. The molecule has 0 aliphatic rings. The first-order valence-corrected chi connectivity index (χ1v) is 9.21. The van der Waals surface area contributed by atoms with Gasteiger partial charge in [-0.25, -0.2) is 4.79 Å². The first-order valence-electron chi connectivity index (χ1n) is 9.21. The highest BCUT2D eigenvalue weighted by Gasteiger charge is 2.20. The van der Waals surface area contributed by atoms with Gasteiger partial charge in [-0.2, -0.15) is 0 Å². The fraction of sp³-hybridized carbons (Fsp3) is 0.292. The molecular formula is C24H28O3. The zero-order valence-electron chi connectivity index (χ0n) is 16.6. The third-order valence-corrected chi connectivity index (χ3v) is 3.88. The second kappa shape index (κ2) is 9.22. The molecule has 142 valence electrons. The summed E-state index contributed by atoms with van der Waals surface area (Å²) < 4.78 is 11.3. The van der Waals surface area contributed by atoms with Gasteiger partial charge in [-0.05, 0) is 56.0 Å². The minimum absolute atomic E-state index is 0.180. The number of esters is 1. The number of carbonyl (C=O) groups is 1. The second-order valence-electron chi connectivity index (χ2n) is 7.20. The van der Waals surface area contributed by atoms with Gasteiger partial charge in [0, 0.05) is 0 Å². The standard InChI is InChI=1S/C24H28O3/c1-6-17-26-23(25)22(21(7-2)18-11-9-8-10-12-18)19-13-15-20(16-14-19)27-24(3,4)5/h6,8-16H,1,7,17H2,2-5H3/b22-21-. The van der Waals surface area contributed by atoms with Gasteiger partial charge in [0.2, 0.25) is 0 Å². The summed E-state index contributed by atoms with van der Waals surface area (Å²) in [6.07, 6.45) is 2.28. The van der Waals surface area contributed by atoms with Gasteiger partial charge >= 0.3 is 5.97 Å². The Kier molecular flexibility index (Phi) is 7.00. The largest absolute Gasteiger partial charge is 0.488 e. The summed E-state index contributed by atoms with van der Waals surface area (Å²) >= 11 is 0. The molecule has 3 heteroatoms. The van der Waals surface area contributed by atoms with Crippen LogP contribution in [0, 0.1) is 0 Å². The monoisotopic (exact) mass is 364 g/mol. The van der Waals surface area contributed by atoms with E-state index in [2.05, 4.69) is 6.58 Å². The van der Waals surface area contributed by atoms with Crippen LogP contribution in [-0.4, -0.2) is 18.2 Å². The highest BCUT2D eigenvalue weighted by Crippen LogP contribution is 2.31. The number of allylic oxidation sites excluding steroid dienone is 1. The van der Waals surface area contributed by atoms with E-state index in [9.17, 15) is 4.79 Å². The first-order chi connectivity index (χ1) is 12.9. The van der Waals surface area contributed by atoms with Crippen molar-refractivity contribution in [3.05, 3.63) is 78.4 Å². The quantitative estimate of drug-likeness (QED) is 0.265. The van der Waals surface area contributed by atoms with E-state index >= 15 is 0 Å². The van der Waals surface area contributed by atoms with E-state index < -0.39 is 0 Å². The van der Waals surface area contributed by atoms with Crippen LogP contribution in [0.5, 0.6) is 5.75 Å². The van der Waals surface area contributed by atoms with Crippen LogP contribution < -0.4 is 4.74 Å². The molecule has 0 aromatic heterocycles. The molecule has 2 aromatic rings. The molecule has 0 amide bonds. The molecule has 0 bridgehead atoms. The summed E-state index contributed by atoms with van der Waals surface area (Å²) in [7, 11) is 0. The average molecular weight is 364 g/mol. The lowest BCUT2D eigenvalue weighted by Crippen LogP contribution is -2.22. The molecule has 27 heavy (non-hydrogen) atoms. The van der Waals surface area contributed by atoms with Crippen LogP contribution in [0.3, 0.4) is 0 Å². The SMILES string of the molecule is C=CCOC(=O)/C(=C(/CC)c1ccccc1)c1ccc(OC(C)(C)C)cc1. The van der Waals surface area contributed by atoms with Crippen LogP contribution in [0.1, 0.15) is 45.2 Å². The van der Waals surface area contributed by atoms with E-state index in [-0.39, 0.29) is 18.2 Å². The van der Waals surface area contributed by atoms with Crippen molar-refractivity contribution < 1.29 is 14.3 Å². The van der Waals surface area contributed by atoms with Crippen LogP contribution in [0.15, 0.2) is 67.3 Å². The Labute approximate surface area is 162 Å². The van der Waals surface area contributed by atoms with Gasteiger partial charge in [0.15, 0.2) is 0 Å². The zero-order chi connectivity index (χ0) is 19.9. The maximum absolute atomic E-state index is 12.8. The molecule has 0 atom stereocenters. The Bertz CT molecular complexity index is 794. The Morgan fingerprint density at radius 2 is 1.63 bits per heavy atom. The molecule has 0 N–H and O–H groups in total. The van der Waals surface area contributed by atoms with Crippen LogP contribution in [0.4, 0.5) is 0 Å². The van der Waals surface area contributed by atoms with Gasteiger partial charge in [-0.15, -0.1) is 0 Å². The highest BCUT2D eigenvalue weighted by atomic mass is 16.5. The molecule has 0 aliphatic carbocycles. The molecular weight excluding hydrogens is 336 g/mol. The second-order valence-corrected chi connectivity index (χ2v) is 7.20. The smallest absolute Gasteiger partial charge is 0.339 e. The molecule has 0 aliphatic heterocycles. The Hall–Kier alpha value is -2.81. The van der Waals surface area contributed by atoms with E-state index in [1.165, 1.54) is 0 Å². The van der Waals surface area contributed by atoms with Gasteiger partial charge in [-0.3, -0.25) is 0 Å². The van der Waals surface area contributed by atoms with Crippen molar-refractivity contribution in [3.63, 3.8) is 0 Å². The third kappa shape index (κ3) is 5.85. The van der Waals surface area contributed by atoms with Crippen LogP contribution in [0.25, 0.3) is 11.1 Å². The minimum Gasteiger partial charge on any atom is -0.488 e. The maximum Gasteiger partial charge on any atom is 0.339 e. The number of rotatable bonds is 7. The number of hydrogen-bond donors (Lipinski definition) is 0. The molecule has 0 heterocycles. The predicted octanol–water partition coefficient (Wildman–Crippen LogP) is 5.91. The van der Waals surface area contributed by atoms with Crippen molar-refractivity contribution in [2.45, 2.75) is 39.7 Å². The summed E-state index contributed by atoms with van der Waals surface area (Å²) in [6.45, 7) is 11.9. The first kappa shape index (κ1) is 20.5. The predicted molar refractivity (Wildman–Crippen MR) is 112 cm³/mol. The summed E-state index contributed by atoms with van der Waals surface area (Å²) in [5.41, 5.74) is 3.08. The van der Waals surface area contributed by atoms with E-state index in [1.54, 1.807) is 6.08 Å². The van der Waals surface area contributed by atoms with Crippen LogP contribution in [0.2, 0.25) is 0 Å². The highest BCUT2D eigenvalue weighted by molar-refractivity contribution is 6.24. The van der Waals surface area contributed by atoms with E-state index in [1.807, 2.05) is 82.3 Å². The normalized spacial score (nSPS) is 12.1. The van der Waals surface area contributed by atoms with Gasteiger partial charge in [0.25, 0.3) is 0 Å². The maximum atomic E-state index is 12.8. The Morgan fingerprint density at radius 3 is 2.15 bits per heavy atom. The van der Waals surface area contributed by atoms with Crippen molar-refractivity contribution in [3.8, 4) is 5.75 Å². The van der Waals surface area contributed by atoms with Crippen LogP contribution >= 0.6 is 0 Å². The Balaban J connectivity index is 2.51. The fourth-order valence-corrected chi connectivity index (χ4v) is 2.83. The molecule has 0 radical (unpaired) electrons. The van der Waals surface area contributed by atoms with Crippen molar-refractivity contribution in [2.75, 3.05) is 6.61 Å². The van der Waals surface area contributed by atoms with E-state index in [0.717, 1.165) is 22.4 Å². The van der Waals surface area contributed by atoms with Gasteiger partial charge < -0.3 is 9.47 Å². The van der Waals surface area contributed by atoms with E-state index in [4.69, 9.17) is 9.47 Å². The van der Waals surface area contributed by atoms with Crippen molar-refractivity contribution in [1.29, 1.82) is 0 Å². The minimum atomic E-state index is -0.347. The fourth-order valence-electron chi connectivity index (χ4n) is 2.83. The van der Waals surface area contributed by atoms with Gasteiger partial charge in [-0.1, -0.05) is 62.0 Å². The summed E-state index contributed by atoms with van der Waals surface area (Å²) in [4.78, 5) is 12.8. The summed E-state index contributed by atoms with van der Waals surface area (Å²) in [6, 6.07) is 17.5. The molecule has 2 rings (SSSR count). The number of hydrogen-bond acceptors (Lipinski definition) is 3. The lowest BCUT2D eigenvalue weighted by molar-refractivity contribution is -0.135. The molecule has 0 spiro atoms. The molecule has 3 nitrogen and oxygen atoms in total. The Morgan fingerprint density at radius 1 is 1.00 bits per heavy atom. The average Bonchev–Trinajstić information content (AvgIpc) is 2.64. The number of ether oxygens (including phenoxy) is 2. The third-order valence-electron chi connectivity index (χ3n) is 3.88. The zero-order valence-corrected chi connectivity index (χ0v) is 16.6. The lowest BCUT2D eigenvalue weighted by atomic mass is 9.93. The van der Waals surface area contributed by atoms with Crippen LogP contribution in [-0.2, 0) is 9.53 Å². The molecule has 0 unspecified atom stereocenters. The van der Waals surface area contributed by atoms with Crippen molar-refractivity contribution in [1.82, 2.24) is 0 Å². The topological polar surface area (TPSA) is 35.5 Å². The van der Waals surface area contributed by atoms with Crippen molar-refractivity contribution in [2.24, 2.45) is 0 Å². The number of carbonyl (C=O) groups excluding carboxylic acids is 1. The molecule has 0 saturated carbocycles. The molecule has 0 fully saturated rings. The van der Waals surface area contributed by atoms with Gasteiger partial charge in [0.1, 0.15) is 18.0 Å². The number of benzene rings is 2. The van der Waals surface area contributed by atoms with Crippen molar-refractivity contribution >= 4 is 17.1 Å². The molecule has 0 saturated heterocycles.